The van der Waals surface area contributed by atoms with Crippen molar-refractivity contribution in [1.29, 1.82) is 5.26 Å². The Morgan fingerprint density at radius 3 is 2.73 bits per heavy atom. The van der Waals surface area contributed by atoms with Gasteiger partial charge in [0.15, 0.2) is 10.1 Å². The summed E-state index contributed by atoms with van der Waals surface area (Å²) in [6, 6.07) is 11.2. The molecule has 9 nitrogen and oxygen atoms in total. The number of halogens is 1. The van der Waals surface area contributed by atoms with Gasteiger partial charge in [-0.25, -0.2) is 0 Å². The largest absolute Gasteiger partial charge is 0.495 e. The van der Waals surface area contributed by atoms with E-state index in [9.17, 15) is 14.9 Å². The van der Waals surface area contributed by atoms with Gasteiger partial charge in [-0.15, -0.1) is 21.5 Å². The number of benzene rings is 1. The molecule has 3 N–H and O–H groups in total. The van der Waals surface area contributed by atoms with Gasteiger partial charge in [-0.1, -0.05) is 48.5 Å². The van der Waals surface area contributed by atoms with Crippen LogP contribution < -0.4 is 20.7 Å². The topological polar surface area (TPSA) is 134 Å². The van der Waals surface area contributed by atoms with Gasteiger partial charge < -0.3 is 15.8 Å². The summed E-state index contributed by atoms with van der Waals surface area (Å²) in [7, 11) is 1.52. The summed E-state index contributed by atoms with van der Waals surface area (Å²) in [4.78, 5) is 29.9. The van der Waals surface area contributed by atoms with Crippen LogP contribution in [0.1, 0.15) is 42.4 Å². The summed E-state index contributed by atoms with van der Waals surface area (Å²) in [5.41, 5.74) is 8.61. The maximum absolute atomic E-state index is 13.6. The van der Waals surface area contributed by atoms with E-state index in [1.165, 1.54) is 30.2 Å². The van der Waals surface area contributed by atoms with Crippen molar-refractivity contribution >= 4 is 68.5 Å². The Hall–Kier alpha value is -3.37. The quantitative estimate of drug-likeness (QED) is 0.292. The minimum absolute atomic E-state index is 0.00646. The molecule has 2 aliphatic rings. The molecular formula is C28H27ClN6O3S3. The second-order valence-corrected chi connectivity index (χ2v) is 14.4. The Kier molecular flexibility index (Phi) is 8.16. The molecule has 0 radical (unpaired) electrons. The summed E-state index contributed by atoms with van der Waals surface area (Å²) in [6.45, 7) is 6.09. The molecule has 1 unspecified atom stereocenters. The zero-order chi connectivity index (χ0) is 29.5. The average molecular weight is 627 g/mol. The Balaban J connectivity index is 1.42. The lowest BCUT2D eigenvalue weighted by Crippen LogP contribution is -2.42. The fourth-order valence-corrected chi connectivity index (χ4v) is 7.98. The summed E-state index contributed by atoms with van der Waals surface area (Å²) < 4.78 is 5.70. The Morgan fingerprint density at radius 1 is 1.29 bits per heavy atom. The monoisotopic (exact) mass is 626 g/mol. The molecule has 1 aromatic carbocycles. The molecule has 0 saturated carbocycles. The van der Waals surface area contributed by atoms with Gasteiger partial charge in [-0.2, -0.15) is 5.26 Å². The molecule has 0 spiro atoms. The van der Waals surface area contributed by atoms with E-state index in [2.05, 4.69) is 21.6 Å². The number of hydrogen-bond donors (Lipinski definition) is 2. The van der Waals surface area contributed by atoms with Crippen LogP contribution in [0.5, 0.6) is 5.75 Å². The predicted molar refractivity (Wildman–Crippen MR) is 163 cm³/mol. The number of rotatable bonds is 7. The molecule has 3 aromatic rings. The van der Waals surface area contributed by atoms with Crippen LogP contribution in [0.4, 0.5) is 10.8 Å². The average Bonchev–Trinajstić information content (AvgIpc) is 3.55. The number of aromatic nitrogens is 2. The van der Waals surface area contributed by atoms with Crippen molar-refractivity contribution in [3.63, 3.8) is 0 Å². The number of nitrogens with one attached hydrogen (secondary N) is 1. The SMILES string of the molecule is COc1ccc(NC(=O)CSc2nnc(N3C(N)=C(C#N)C(c4ccc(C)s4)C4=C3CC(C)(C)CC4=O)s2)cc1Cl. The number of Topliss-reactive ketones (excluding diaryl/α,β-unsaturated/α-hetero) is 1. The van der Waals surface area contributed by atoms with Crippen LogP contribution in [0.15, 0.2) is 57.3 Å². The zero-order valence-corrected chi connectivity index (χ0v) is 26.0. The van der Waals surface area contributed by atoms with E-state index < -0.39 is 5.92 Å². The number of aryl methyl sites for hydroxylation is 1. The summed E-state index contributed by atoms with van der Waals surface area (Å²) >= 11 is 10.2. The lowest BCUT2D eigenvalue weighted by molar-refractivity contribution is -0.118. The number of methoxy groups -OCH3 is 1. The number of nitriles is 1. The van der Waals surface area contributed by atoms with E-state index in [1.807, 2.05) is 32.9 Å². The third kappa shape index (κ3) is 5.85. The summed E-state index contributed by atoms with van der Waals surface area (Å²) in [5.74, 6) is 0.110. The third-order valence-electron chi connectivity index (χ3n) is 6.78. The number of ketones is 1. The first-order valence-electron chi connectivity index (χ1n) is 12.6. The maximum Gasteiger partial charge on any atom is 0.234 e. The normalized spacial score (nSPS) is 18.3. The van der Waals surface area contributed by atoms with Gasteiger partial charge >= 0.3 is 0 Å². The number of allylic oxidation sites excluding steroid dienone is 3. The number of nitrogens with two attached hydrogens (primary N) is 1. The van der Waals surface area contributed by atoms with Gasteiger partial charge in [0.05, 0.1) is 35.4 Å². The molecule has 1 aliphatic heterocycles. The second-order valence-electron chi connectivity index (χ2n) is 10.5. The molecule has 0 saturated heterocycles. The van der Waals surface area contributed by atoms with Crippen molar-refractivity contribution in [3.05, 3.63) is 67.8 Å². The van der Waals surface area contributed by atoms with E-state index in [4.69, 9.17) is 22.1 Å². The minimum Gasteiger partial charge on any atom is -0.495 e. The van der Waals surface area contributed by atoms with Crippen molar-refractivity contribution in [2.75, 3.05) is 23.1 Å². The number of nitrogens with zero attached hydrogens (tertiary/aromatic N) is 4. The smallest absolute Gasteiger partial charge is 0.234 e. The number of amides is 1. The number of carbonyl (C=O) groups excluding carboxylic acids is 2. The first-order chi connectivity index (χ1) is 19.5. The van der Waals surface area contributed by atoms with E-state index >= 15 is 0 Å². The molecule has 5 rings (SSSR count). The van der Waals surface area contributed by atoms with Crippen LogP contribution in [0, 0.1) is 23.7 Å². The van der Waals surface area contributed by atoms with E-state index in [-0.39, 0.29) is 28.7 Å². The number of carbonyl (C=O) groups is 2. The Bertz CT molecular complexity index is 1650. The molecule has 1 atom stereocenters. The Morgan fingerprint density at radius 2 is 2.07 bits per heavy atom. The third-order valence-corrected chi connectivity index (χ3v) is 10.2. The maximum atomic E-state index is 13.6. The molecular weight excluding hydrogens is 600 g/mol. The minimum atomic E-state index is -0.509. The van der Waals surface area contributed by atoms with Gasteiger partial charge in [0.2, 0.25) is 11.0 Å². The van der Waals surface area contributed by atoms with Crippen LogP contribution in [-0.2, 0) is 9.59 Å². The molecule has 3 heterocycles. The summed E-state index contributed by atoms with van der Waals surface area (Å²) in [6.07, 6.45) is 0.966. The fraction of sp³-hybridized carbons (Fsp3) is 0.321. The van der Waals surface area contributed by atoms with Gasteiger partial charge in [0, 0.05) is 33.1 Å². The van der Waals surface area contributed by atoms with Gasteiger partial charge in [-0.3, -0.25) is 14.5 Å². The number of hydrogen-bond acceptors (Lipinski definition) is 11. The van der Waals surface area contributed by atoms with Crippen molar-refractivity contribution in [3.8, 4) is 11.8 Å². The molecule has 41 heavy (non-hydrogen) atoms. The highest BCUT2D eigenvalue weighted by molar-refractivity contribution is 8.01. The van der Waals surface area contributed by atoms with Crippen molar-refractivity contribution in [2.45, 2.75) is 43.9 Å². The number of thiophene rings is 1. The standard InChI is InChI=1S/C28H27ClN6O3S3/c1-14-5-8-21(40-14)23-16(12-30)25(31)35(18-10-28(2,3)11-19(36)24(18)23)26-33-34-27(41-26)39-13-22(37)32-15-6-7-20(38-4)17(29)9-15/h5-9,23H,10-11,13,31H2,1-4H3,(H,32,37). The van der Waals surface area contributed by atoms with Crippen molar-refractivity contribution < 1.29 is 14.3 Å². The van der Waals surface area contributed by atoms with Gasteiger partial charge in [0.25, 0.3) is 0 Å². The Labute approximate surface area is 255 Å². The first-order valence-corrected chi connectivity index (χ1v) is 15.6. The van der Waals surface area contributed by atoms with Crippen LogP contribution >= 0.6 is 46.0 Å². The fourth-order valence-electron chi connectivity index (χ4n) is 5.04. The van der Waals surface area contributed by atoms with E-state index in [0.29, 0.717) is 49.9 Å². The predicted octanol–water partition coefficient (Wildman–Crippen LogP) is 6.24. The van der Waals surface area contributed by atoms with Crippen LogP contribution in [0.2, 0.25) is 5.02 Å². The lowest BCUT2D eigenvalue weighted by Gasteiger charge is -2.42. The number of thioether (sulfide) groups is 1. The van der Waals surface area contributed by atoms with Crippen molar-refractivity contribution in [1.82, 2.24) is 10.2 Å². The summed E-state index contributed by atoms with van der Waals surface area (Å²) in [5, 5.41) is 22.5. The van der Waals surface area contributed by atoms with E-state index in [0.717, 1.165) is 15.5 Å². The molecule has 2 aromatic heterocycles. The molecule has 13 heteroatoms. The lowest BCUT2D eigenvalue weighted by atomic mass is 9.70. The highest BCUT2D eigenvalue weighted by Crippen LogP contribution is 2.51. The van der Waals surface area contributed by atoms with E-state index in [1.54, 1.807) is 34.4 Å². The molecule has 1 amide bonds. The van der Waals surface area contributed by atoms with Crippen LogP contribution in [-0.4, -0.2) is 34.8 Å². The second kappa shape index (κ2) is 11.5. The molecule has 1 aliphatic carbocycles. The van der Waals surface area contributed by atoms with Crippen LogP contribution in [0.3, 0.4) is 0 Å². The molecule has 0 bridgehead atoms. The number of ether oxygens (including phenoxy) is 1. The van der Waals surface area contributed by atoms with Crippen molar-refractivity contribution in [2.24, 2.45) is 11.1 Å². The molecule has 0 fully saturated rings. The van der Waals surface area contributed by atoms with Gasteiger partial charge in [-0.05, 0) is 49.1 Å². The highest BCUT2D eigenvalue weighted by Gasteiger charge is 2.45. The molecule has 212 valence electrons. The first kappa shape index (κ1) is 29.1. The van der Waals surface area contributed by atoms with Gasteiger partial charge in [0.1, 0.15) is 11.6 Å². The zero-order valence-electron chi connectivity index (χ0n) is 22.8. The number of anilines is 2. The highest BCUT2D eigenvalue weighted by atomic mass is 35.5. The van der Waals surface area contributed by atoms with Crippen LogP contribution in [0.25, 0.3) is 0 Å².